The molecule has 1 aliphatic heterocycles. The standard InChI is InChI=1S/C15H18N2O3S/c1-9-6-17(7-11(9)15(18)19)8-12-10(2)20-14(16-12)13-4-3-5-21-13/h3-5,9,11H,6-8H2,1-2H3,(H,18,19). The summed E-state index contributed by atoms with van der Waals surface area (Å²) >= 11 is 1.60. The van der Waals surface area contributed by atoms with Crippen LogP contribution in [0.5, 0.6) is 0 Å². The first-order chi connectivity index (χ1) is 10.0. The highest BCUT2D eigenvalue weighted by atomic mass is 32.1. The number of hydrogen-bond acceptors (Lipinski definition) is 5. The highest BCUT2D eigenvalue weighted by Gasteiger charge is 2.35. The number of hydrogen-bond donors (Lipinski definition) is 1. The van der Waals surface area contributed by atoms with Gasteiger partial charge in [-0.3, -0.25) is 9.69 Å². The Morgan fingerprint density at radius 1 is 1.57 bits per heavy atom. The highest BCUT2D eigenvalue weighted by molar-refractivity contribution is 7.13. The summed E-state index contributed by atoms with van der Waals surface area (Å²) in [6, 6.07) is 3.96. The van der Waals surface area contributed by atoms with Crippen LogP contribution in [-0.4, -0.2) is 34.0 Å². The molecular weight excluding hydrogens is 288 g/mol. The van der Waals surface area contributed by atoms with Crippen molar-refractivity contribution in [2.75, 3.05) is 13.1 Å². The second-order valence-electron chi connectivity index (χ2n) is 5.62. The topological polar surface area (TPSA) is 66.6 Å². The van der Waals surface area contributed by atoms with Crippen molar-refractivity contribution >= 4 is 17.3 Å². The molecule has 21 heavy (non-hydrogen) atoms. The Bertz CT molecular complexity index is 635. The minimum atomic E-state index is -0.707. The predicted octanol–water partition coefficient (Wildman–Crippen LogP) is 2.86. The summed E-state index contributed by atoms with van der Waals surface area (Å²) in [4.78, 5) is 18.9. The number of aromatic nitrogens is 1. The number of likely N-dealkylation sites (tertiary alicyclic amines) is 1. The van der Waals surface area contributed by atoms with Gasteiger partial charge in [0.25, 0.3) is 0 Å². The summed E-state index contributed by atoms with van der Waals surface area (Å²) in [5.74, 6) is 0.644. The van der Waals surface area contributed by atoms with Gasteiger partial charge < -0.3 is 9.52 Å². The molecule has 0 spiro atoms. The van der Waals surface area contributed by atoms with Gasteiger partial charge in [0.05, 0.1) is 16.5 Å². The molecule has 0 amide bonds. The first-order valence-electron chi connectivity index (χ1n) is 7.00. The molecule has 3 heterocycles. The summed E-state index contributed by atoms with van der Waals surface area (Å²) in [6.45, 7) is 5.92. The van der Waals surface area contributed by atoms with Crippen molar-refractivity contribution < 1.29 is 14.3 Å². The molecule has 2 atom stereocenters. The molecule has 0 bridgehead atoms. The van der Waals surface area contributed by atoms with E-state index in [0.29, 0.717) is 19.0 Å². The smallest absolute Gasteiger partial charge is 0.308 e. The third-order valence-corrected chi connectivity index (χ3v) is 4.86. The Hall–Kier alpha value is -1.66. The van der Waals surface area contributed by atoms with Crippen molar-refractivity contribution in [1.29, 1.82) is 0 Å². The molecule has 0 aliphatic carbocycles. The molecule has 0 saturated carbocycles. The van der Waals surface area contributed by atoms with E-state index in [1.807, 2.05) is 31.4 Å². The molecule has 1 N–H and O–H groups in total. The van der Waals surface area contributed by atoms with Crippen molar-refractivity contribution in [3.63, 3.8) is 0 Å². The predicted molar refractivity (Wildman–Crippen MR) is 80.1 cm³/mol. The number of rotatable bonds is 4. The number of aliphatic carboxylic acids is 1. The number of oxazole rings is 1. The van der Waals surface area contributed by atoms with Crippen LogP contribution in [0.1, 0.15) is 18.4 Å². The van der Waals surface area contributed by atoms with E-state index < -0.39 is 5.97 Å². The fourth-order valence-electron chi connectivity index (χ4n) is 2.81. The first kappa shape index (κ1) is 14.3. The van der Waals surface area contributed by atoms with Gasteiger partial charge in [-0.2, -0.15) is 0 Å². The van der Waals surface area contributed by atoms with Crippen LogP contribution >= 0.6 is 11.3 Å². The molecule has 6 heteroatoms. The molecule has 1 fully saturated rings. The van der Waals surface area contributed by atoms with Gasteiger partial charge in [0.1, 0.15) is 5.76 Å². The molecule has 1 aliphatic rings. The lowest BCUT2D eigenvalue weighted by Gasteiger charge is -2.13. The van der Waals surface area contributed by atoms with E-state index in [4.69, 9.17) is 4.42 Å². The van der Waals surface area contributed by atoms with Gasteiger partial charge >= 0.3 is 5.97 Å². The Balaban J connectivity index is 1.73. The Kier molecular flexibility index (Phi) is 3.82. The molecule has 112 valence electrons. The minimum Gasteiger partial charge on any atom is -0.481 e. The van der Waals surface area contributed by atoms with Crippen LogP contribution in [0, 0.1) is 18.8 Å². The summed E-state index contributed by atoms with van der Waals surface area (Å²) < 4.78 is 5.73. The molecular formula is C15H18N2O3S. The average Bonchev–Trinajstić information content (AvgIpc) is 3.11. The van der Waals surface area contributed by atoms with E-state index in [1.54, 1.807) is 11.3 Å². The molecule has 2 aromatic rings. The maximum absolute atomic E-state index is 11.2. The van der Waals surface area contributed by atoms with E-state index >= 15 is 0 Å². The largest absolute Gasteiger partial charge is 0.481 e. The number of nitrogens with zero attached hydrogens (tertiary/aromatic N) is 2. The number of carboxylic acid groups (broad SMARTS) is 1. The molecule has 0 radical (unpaired) electrons. The number of carbonyl (C=O) groups is 1. The van der Waals surface area contributed by atoms with Gasteiger partial charge in [-0.25, -0.2) is 4.98 Å². The number of carboxylic acids is 1. The van der Waals surface area contributed by atoms with Crippen LogP contribution in [0.2, 0.25) is 0 Å². The van der Waals surface area contributed by atoms with E-state index in [0.717, 1.165) is 22.9 Å². The van der Waals surface area contributed by atoms with E-state index in [9.17, 15) is 9.90 Å². The fourth-order valence-corrected chi connectivity index (χ4v) is 3.46. The van der Waals surface area contributed by atoms with E-state index in [-0.39, 0.29) is 11.8 Å². The second kappa shape index (κ2) is 5.61. The van der Waals surface area contributed by atoms with Gasteiger partial charge in [-0.1, -0.05) is 13.0 Å². The maximum atomic E-state index is 11.2. The van der Waals surface area contributed by atoms with Crippen LogP contribution in [-0.2, 0) is 11.3 Å². The molecule has 5 nitrogen and oxygen atoms in total. The second-order valence-corrected chi connectivity index (χ2v) is 6.56. The number of aryl methyl sites for hydroxylation is 1. The summed E-state index contributed by atoms with van der Waals surface area (Å²) in [6.07, 6.45) is 0. The van der Waals surface area contributed by atoms with Crippen molar-refractivity contribution in [3.8, 4) is 10.8 Å². The molecule has 3 rings (SSSR count). The third-order valence-electron chi connectivity index (χ3n) is 4.00. The lowest BCUT2D eigenvalue weighted by Crippen LogP contribution is -2.23. The lowest BCUT2D eigenvalue weighted by molar-refractivity contribution is -0.142. The quantitative estimate of drug-likeness (QED) is 0.941. The molecule has 0 aromatic carbocycles. The molecule has 2 aromatic heterocycles. The van der Waals surface area contributed by atoms with Crippen molar-refractivity contribution in [3.05, 3.63) is 29.0 Å². The summed E-state index contributed by atoms with van der Waals surface area (Å²) in [7, 11) is 0. The van der Waals surface area contributed by atoms with Crippen LogP contribution in [0.4, 0.5) is 0 Å². The summed E-state index contributed by atoms with van der Waals surface area (Å²) in [5, 5.41) is 11.2. The van der Waals surface area contributed by atoms with Crippen LogP contribution in [0.25, 0.3) is 10.8 Å². The molecule has 1 saturated heterocycles. The Morgan fingerprint density at radius 3 is 3.00 bits per heavy atom. The Labute approximate surface area is 127 Å². The monoisotopic (exact) mass is 306 g/mol. The average molecular weight is 306 g/mol. The fraction of sp³-hybridized carbons (Fsp3) is 0.467. The van der Waals surface area contributed by atoms with Crippen molar-refractivity contribution in [2.24, 2.45) is 11.8 Å². The SMILES string of the molecule is Cc1oc(-c2cccs2)nc1CN1CC(C)C(C(=O)O)C1. The van der Waals surface area contributed by atoms with Gasteiger partial charge in [-0.15, -0.1) is 11.3 Å². The van der Waals surface area contributed by atoms with Crippen molar-refractivity contribution in [2.45, 2.75) is 20.4 Å². The maximum Gasteiger partial charge on any atom is 0.308 e. The van der Waals surface area contributed by atoms with Gasteiger partial charge in [-0.05, 0) is 24.3 Å². The zero-order valence-corrected chi connectivity index (χ0v) is 12.9. The van der Waals surface area contributed by atoms with E-state index in [2.05, 4.69) is 9.88 Å². The summed E-state index contributed by atoms with van der Waals surface area (Å²) in [5.41, 5.74) is 0.900. The van der Waals surface area contributed by atoms with Crippen LogP contribution in [0.15, 0.2) is 21.9 Å². The van der Waals surface area contributed by atoms with Crippen LogP contribution < -0.4 is 0 Å². The third kappa shape index (κ3) is 2.87. The highest BCUT2D eigenvalue weighted by Crippen LogP contribution is 2.28. The van der Waals surface area contributed by atoms with Gasteiger partial charge in [0.15, 0.2) is 0 Å². The normalized spacial score (nSPS) is 22.8. The first-order valence-corrected chi connectivity index (χ1v) is 7.88. The minimum absolute atomic E-state index is 0.173. The zero-order valence-electron chi connectivity index (χ0n) is 12.1. The Morgan fingerprint density at radius 2 is 2.38 bits per heavy atom. The van der Waals surface area contributed by atoms with Crippen LogP contribution in [0.3, 0.4) is 0 Å². The van der Waals surface area contributed by atoms with Gasteiger partial charge in [0, 0.05) is 19.6 Å². The lowest BCUT2D eigenvalue weighted by atomic mass is 9.99. The van der Waals surface area contributed by atoms with E-state index in [1.165, 1.54) is 0 Å². The van der Waals surface area contributed by atoms with Crippen molar-refractivity contribution in [1.82, 2.24) is 9.88 Å². The molecule has 2 unspecified atom stereocenters. The zero-order chi connectivity index (χ0) is 15.0. The van der Waals surface area contributed by atoms with Gasteiger partial charge in [0.2, 0.25) is 5.89 Å². The number of thiophene rings is 1.